The molecule has 2 heterocycles. The molecule has 1 N–H and O–H groups in total. The minimum absolute atomic E-state index is 0.162. The van der Waals surface area contributed by atoms with Crippen molar-refractivity contribution in [2.45, 2.75) is 31.7 Å². The number of pyridine rings is 1. The number of aliphatic hydroxyl groups is 1. The lowest BCUT2D eigenvalue weighted by molar-refractivity contribution is 0.254. The van der Waals surface area contributed by atoms with Crippen LogP contribution in [0.4, 0.5) is 5.82 Å². The van der Waals surface area contributed by atoms with Gasteiger partial charge in [0.15, 0.2) is 0 Å². The Balaban J connectivity index is 2.25. The summed E-state index contributed by atoms with van der Waals surface area (Å²) in [6.45, 7) is 1.11. The largest absolute Gasteiger partial charge is 0.394 e. The molecule has 0 spiro atoms. The fraction of sp³-hybridized carbons (Fsp3) is 0.583. The molecule has 1 aromatic rings. The molecule has 0 bridgehead atoms. The molecular weight excluding hydrogens is 224 g/mol. The molecule has 3 nitrogen and oxygen atoms in total. The number of halogens is 1. The normalized spacial score (nSPS) is 21.9. The lowest BCUT2D eigenvalue weighted by Crippen LogP contribution is -2.38. The maximum Gasteiger partial charge on any atom is 0.147 e. The van der Waals surface area contributed by atoms with Crippen molar-refractivity contribution in [2.24, 2.45) is 0 Å². The van der Waals surface area contributed by atoms with E-state index in [0.717, 1.165) is 25.2 Å². The quantitative estimate of drug-likeness (QED) is 0.863. The van der Waals surface area contributed by atoms with Gasteiger partial charge in [-0.1, -0.05) is 24.4 Å². The highest BCUT2D eigenvalue weighted by molar-refractivity contribution is 6.32. The number of aromatic nitrogens is 1. The molecule has 1 unspecified atom stereocenters. The van der Waals surface area contributed by atoms with Gasteiger partial charge in [-0.3, -0.25) is 0 Å². The van der Waals surface area contributed by atoms with Crippen molar-refractivity contribution < 1.29 is 5.11 Å². The minimum atomic E-state index is 0.162. The lowest BCUT2D eigenvalue weighted by atomic mass is 10.1. The van der Waals surface area contributed by atoms with Gasteiger partial charge in [-0.25, -0.2) is 4.98 Å². The zero-order valence-corrected chi connectivity index (χ0v) is 10.0. The third kappa shape index (κ3) is 2.47. The van der Waals surface area contributed by atoms with E-state index in [1.807, 2.05) is 12.1 Å². The Morgan fingerprint density at radius 2 is 2.31 bits per heavy atom. The lowest BCUT2D eigenvalue weighted by Gasteiger charge is -2.30. The average Bonchev–Trinajstić information content (AvgIpc) is 2.54. The highest BCUT2D eigenvalue weighted by atomic mass is 35.5. The second-order valence-electron chi connectivity index (χ2n) is 4.19. The molecule has 88 valence electrons. The Bertz CT molecular complexity index is 346. The van der Waals surface area contributed by atoms with Gasteiger partial charge in [0.05, 0.1) is 17.7 Å². The Kier molecular flexibility index (Phi) is 4.02. The summed E-state index contributed by atoms with van der Waals surface area (Å²) in [5.74, 6) is 0.810. The summed E-state index contributed by atoms with van der Waals surface area (Å²) in [6.07, 6.45) is 6.30. The molecule has 0 radical (unpaired) electrons. The molecule has 1 aliphatic heterocycles. The van der Waals surface area contributed by atoms with Crippen molar-refractivity contribution >= 4 is 17.4 Å². The molecule has 1 aromatic heterocycles. The van der Waals surface area contributed by atoms with Crippen LogP contribution >= 0.6 is 11.6 Å². The van der Waals surface area contributed by atoms with Gasteiger partial charge in [-0.15, -0.1) is 0 Å². The summed E-state index contributed by atoms with van der Waals surface area (Å²) in [6, 6.07) is 3.84. The smallest absolute Gasteiger partial charge is 0.147 e. The van der Waals surface area contributed by atoms with Crippen LogP contribution in [0.1, 0.15) is 25.7 Å². The SMILES string of the molecule is OCC1CCCCCN1c1ncccc1Cl. The van der Waals surface area contributed by atoms with E-state index in [2.05, 4.69) is 9.88 Å². The fourth-order valence-corrected chi connectivity index (χ4v) is 2.46. The molecule has 0 saturated carbocycles. The molecule has 0 aliphatic carbocycles. The van der Waals surface area contributed by atoms with Crippen LogP contribution in [-0.4, -0.2) is 29.3 Å². The number of hydrogen-bond acceptors (Lipinski definition) is 3. The van der Waals surface area contributed by atoms with Gasteiger partial charge in [0.25, 0.3) is 0 Å². The highest BCUT2D eigenvalue weighted by Gasteiger charge is 2.22. The molecule has 2 rings (SSSR count). The van der Waals surface area contributed by atoms with Crippen molar-refractivity contribution in [1.82, 2.24) is 4.98 Å². The Morgan fingerprint density at radius 1 is 1.44 bits per heavy atom. The molecule has 1 fully saturated rings. The topological polar surface area (TPSA) is 36.4 Å². The molecular formula is C12H17ClN2O. The molecule has 1 atom stereocenters. The summed E-state index contributed by atoms with van der Waals surface area (Å²) >= 11 is 6.15. The predicted molar refractivity (Wildman–Crippen MR) is 65.9 cm³/mol. The standard InChI is InChI=1S/C12H17ClN2O/c13-11-6-4-7-14-12(11)15-8-3-1-2-5-10(15)9-16/h4,6-7,10,16H,1-3,5,8-9H2. The number of anilines is 1. The van der Waals surface area contributed by atoms with Crippen LogP contribution in [0.2, 0.25) is 5.02 Å². The summed E-state index contributed by atoms with van der Waals surface area (Å²) in [5, 5.41) is 10.1. The van der Waals surface area contributed by atoms with Gasteiger partial charge in [0.2, 0.25) is 0 Å². The van der Waals surface area contributed by atoms with Crippen molar-refractivity contribution in [3.63, 3.8) is 0 Å². The highest BCUT2D eigenvalue weighted by Crippen LogP contribution is 2.28. The van der Waals surface area contributed by atoms with E-state index < -0.39 is 0 Å². The number of rotatable bonds is 2. The Labute approximate surface area is 101 Å². The van der Waals surface area contributed by atoms with E-state index in [1.165, 1.54) is 12.8 Å². The average molecular weight is 241 g/mol. The first-order valence-corrected chi connectivity index (χ1v) is 6.18. The van der Waals surface area contributed by atoms with Gasteiger partial charge in [-0.2, -0.15) is 0 Å². The number of aliphatic hydroxyl groups excluding tert-OH is 1. The first kappa shape index (κ1) is 11.7. The number of hydrogen-bond donors (Lipinski definition) is 1. The minimum Gasteiger partial charge on any atom is -0.394 e. The molecule has 0 aromatic carbocycles. The molecule has 1 aliphatic rings. The van der Waals surface area contributed by atoms with Crippen molar-refractivity contribution in [1.29, 1.82) is 0 Å². The van der Waals surface area contributed by atoms with Crippen molar-refractivity contribution in [3.8, 4) is 0 Å². The zero-order valence-electron chi connectivity index (χ0n) is 9.27. The van der Waals surface area contributed by atoms with Gasteiger partial charge >= 0.3 is 0 Å². The summed E-state index contributed by atoms with van der Waals surface area (Å²) in [5.41, 5.74) is 0. The number of nitrogens with zero attached hydrogens (tertiary/aromatic N) is 2. The van der Waals surface area contributed by atoms with Crippen LogP contribution in [-0.2, 0) is 0 Å². The van der Waals surface area contributed by atoms with Crippen molar-refractivity contribution in [3.05, 3.63) is 23.4 Å². The van der Waals surface area contributed by atoms with E-state index in [9.17, 15) is 5.11 Å². The molecule has 16 heavy (non-hydrogen) atoms. The van der Waals surface area contributed by atoms with E-state index in [-0.39, 0.29) is 12.6 Å². The van der Waals surface area contributed by atoms with Crippen LogP contribution < -0.4 is 4.90 Å². The van der Waals surface area contributed by atoms with Crippen LogP contribution in [0, 0.1) is 0 Å². The molecule has 0 amide bonds. The Morgan fingerprint density at radius 3 is 3.06 bits per heavy atom. The first-order chi connectivity index (χ1) is 7.83. The summed E-state index contributed by atoms with van der Waals surface area (Å²) in [7, 11) is 0. The van der Waals surface area contributed by atoms with Crippen LogP contribution in [0.15, 0.2) is 18.3 Å². The Hall–Kier alpha value is -0.800. The fourth-order valence-electron chi connectivity index (χ4n) is 2.23. The van der Waals surface area contributed by atoms with Crippen molar-refractivity contribution in [2.75, 3.05) is 18.1 Å². The van der Waals surface area contributed by atoms with E-state index in [4.69, 9.17) is 11.6 Å². The van der Waals surface area contributed by atoms with Gasteiger partial charge in [0.1, 0.15) is 5.82 Å². The third-order valence-electron chi connectivity index (χ3n) is 3.10. The summed E-state index contributed by atoms with van der Waals surface area (Å²) < 4.78 is 0. The second-order valence-corrected chi connectivity index (χ2v) is 4.60. The maximum atomic E-state index is 9.43. The van der Waals surface area contributed by atoms with E-state index >= 15 is 0 Å². The van der Waals surface area contributed by atoms with E-state index in [1.54, 1.807) is 6.20 Å². The molecule has 4 heteroatoms. The van der Waals surface area contributed by atoms with Crippen LogP contribution in [0.3, 0.4) is 0 Å². The third-order valence-corrected chi connectivity index (χ3v) is 3.39. The summed E-state index contributed by atoms with van der Waals surface area (Å²) in [4.78, 5) is 6.47. The van der Waals surface area contributed by atoms with Gasteiger partial charge < -0.3 is 10.0 Å². The zero-order chi connectivity index (χ0) is 11.4. The first-order valence-electron chi connectivity index (χ1n) is 5.81. The van der Waals surface area contributed by atoms with Crippen LogP contribution in [0.5, 0.6) is 0 Å². The van der Waals surface area contributed by atoms with Crippen LogP contribution in [0.25, 0.3) is 0 Å². The monoisotopic (exact) mass is 240 g/mol. The van der Waals surface area contributed by atoms with Gasteiger partial charge in [0, 0.05) is 12.7 Å². The van der Waals surface area contributed by atoms with E-state index in [0.29, 0.717) is 5.02 Å². The maximum absolute atomic E-state index is 9.43. The second kappa shape index (κ2) is 5.51. The predicted octanol–water partition coefficient (Wildman–Crippen LogP) is 2.48. The van der Waals surface area contributed by atoms with Gasteiger partial charge in [-0.05, 0) is 25.0 Å². The molecule has 1 saturated heterocycles.